The number of ether oxygens (including phenoxy) is 2. The van der Waals surface area contributed by atoms with Crippen LogP contribution in [-0.4, -0.2) is 45.2 Å². The van der Waals surface area contributed by atoms with Crippen molar-refractivity contribution in [2.24, 2.45) is 4.99 Å². The number of carbonyl (C=O) groups is 1. The number of guanidine groups is 1. The Kier molecular flexibility index (Phi) is 13.2. The van der Waals surface area contributed by atoms with Crippen molar-refractivity contribution in [1.29, 1.82) is 0 Å². The molecule has 0 aliphatic heterocycles. The van der Waals surface area contributed by atoms with Crippen molar-refractivity contribution in [3.05, 3.63) is 59.4 Å². The molecule has 0 aliphatic rings. The number of nitrogens with one attached hydrogen (secondary N) is 3. The van der Waals surface area contributed by atoms with Crippen LogP contribution in [0.4, 0.5) is 4.39 Å². The van der Waals surface area contributed by atoms with Crippen molar-refractivity contribution in [3.8, 4) is 11.5 Å². The van der Waals surface area contributed by atoms with Gasteiger partial charge in [-0.2, -0.15) is 0 Å². The maximum Gasteiger partial charge on any atom is 0.224 e. The molecule has 0 spiro atoms. The lowest BCUT2D eigenvalue weighted by Gasteiger charge is -2.20. The van der Waals surface area contributed by atoms with Crippen LogP contribution in [-0.2, 0) is 11.2 Å². The van der Waals surface area contributed by atoms with E-state index in [1.54, 1.807) is 19.2 Å². The largest absolute Gasteiger partial charge is 0.490 e. The Balaban J connectivity index is 0.00000544. The fraction of sp³-hybridized carbons (Fsp3) is 0.417. The molecule has 1 atom stereocenters. The SMILES string of the molecule is CCOc1ccc(C(C)NC(=NC)NCCNC(=O)Cc2ccc(F)cc2)cc1OCC.I. The van der Waals surface area contributed by atoms with Gasteiger partial charge < -0.3 is 25.4 Å². The third kappa shape index (κ3) is 9.85. The normalized spacial score (nSPS) is 11.7. The molecule has 9 heteroatoms. The number of aliphatic imine (C=N–C) groups is 1. The Morgan fingerprint density at radius 1 is 1.00 bits per heavy atom. The monoisotopic (exact) mass is 572 g/mol. The molecular weight excluding hydrogens is 538 g/mol. The highest BCUT2D eigenvalue weighted by Gasteiger charge is 2.12. The summed E-state index contributed by atoms with van der Waals surface area (Å²) in [5.74, 6) is 1.63. The minimum Gasteiger partial charge on any atom is -0.490 e. The smallest absolute Gasteiger partial charge is 0.224 e. The fourth-order valence-corrected chi connectivity index (χ4v) is 3.05. The second kappa shape index (κ2) is 15.3. The highest BCUT2D eigenvalue weighted by atomic mass is 127. The van der Waals surface area contributed by atoms with Gasteiger partial charge in [-0.05, 0) is 56.2 Å². The van der Waals surface area contributed by atoms with Crippen molar-refractivity contribution in [1.82, 2.24) is 16.0 Å². The maximum absolute atomic E-state index is 12.9. The number of halogens is 2. The van der Waals surface area contributed by atoms with Gasteiger partial charge in [0.2, 0.25) is 5.91 Å². The third-order valence-electron chi connectivity index (χ3n) is 4.66. The predicted octanol–water partition coefficient (Wildman–Crippen LogP) is 3.83. The molecule has 2 aromatic carbocycles. The van der Waals surface area contributed by atoms with Crippen LogP contribution in [0.5, 0.6) is 11.5 Å². The number of nitrogens with zero attached hydrogens (tertiary/aromatic N) is 1. The summed E-state index contributed by atoms with van der Waals surface area (Å²) in [5, 5.41) is 9.36. The third-order valence-corrected chi connectivity index (χ3v) is 4.66. The van der Waals surface area contributed by atoms with Gasteiger partial charge in [0, 0.05) is 20.1 Å². The minimum absolute atomic E-state index is 0. The Labute approximate surface area is 212 Å². The van der Waals surface area contributed by atoms with E-state index < -0.39 is 0 Å². The molecule has 7 nitrogen and oxygen atoms in total. The molecule has 33 heavy (non-hydrogen) atoms. The van der Waals surface area contributed by atoms with E-state index >= 15 is 0 Å². The molecule has 0 aliphatic carbocycles. The average molecular weight is 572 g/mol. The average Bonchev–Trinajstić information content (AvgIpc) is 2.78. The van der Waals surface area contributed by atoms with Crippen LogP contribution >= 0.6 is 24.0 Å². The van der Waals surface area contributed by atoms with Crippen LogP contribution in [0.2, 0.25) is 0 Å². The zero-order valence-corrected chi connectivity index (χ0v) is 21.9. The topological polar surface area (TPSA) is 84.0 Å². The first-order chi connectivity index (χ1) is 15.5. The number of rotatable bonds is 11. The number of amides is 1. The van der Waals surface area contributed by atoms with Crippen molar-refractivity contribution in [2.45, 2.75) is 33.2 Å². The molecule has 0 radical (unpaired) electrons. The van der Waals surface area contributed by atoms with Crippen LogP contribution in [0.1, 0.15) is 37.9 Å². The van der Waals surface area contributed by atoms with Crippen molar-refractivity contribution in [3.63, 3.8) is 0 Å². The van der Waals surface area contributed by atoms with Crippen molar-refractivity contribution >= 4 is 35.8 Å². The lowest BCUT2D eigenvalue weighted by Crippen LogP contribution is -2.42. The van der Waals surface area contributed by atoms with Crippen molar-refractivity contribution in [2.75, 3.05) is 33.4 Å². The lowest BCUT2D eigenvalue weighted by atomic mass is 10.1. The Morgan fingerprint density at radius 3 is 2.27 bits per heavy atom. The standard InChI is InChI=1S/C24H33FN4O3.HI/c1-5-31-21-12-9-19(16-22(21)32-6-2)17(3)29-24(26-4)28-14-13-27-23(30)15-18-7-10-20(25)11-8-18;/h7-12,16-17H,5-6,13-15H2,1-4H3,(H,27,30)(H2,26,28,29);1H. The van der Waals surface area contributed by atoms with E-state index in [0.29, 0.717) is 38.0 Å². The van der Waals surface area contributed by atoms with Crippen LogP contribution in [0.3, 0.4) is 0 Å². The molecule has 0 heterocycles. The van der Waals surface area contributed by atoms with Gasteiger partial charge >= 0.3 is 0 Å². The summed E-state index contributed by atoms with van der Waals surface area (Å²) in [4.78, 5) is 16.3. The van der Waals surface area contributed by atoms with E-state index in [-0.39, 0.29) is 48.2 Å². The number of carbonyl (C=O) groups excluding carboxylic acids is 1. The molecule has 0 aromatic heterocycles. The predicted molar refractivity (Wildman–Crippen MR) is 140 cm³/mol. The summed E-state index contributed by atoms with van der Waals surface area (Å²) in [5.41, 5.74) is 1.80. The maximum atomic E-state index is 12.9. The summed E-state index contributed by atoms with van der Waals surface area (Å²) in [6.45, 7) is 7.99. The molecule has 182 valence electrons. The summed E-state index contributed by atoms with van der Waals surface area (Å²) < 4.78 is 24.3. The minimum atomic E-state index is -0.314. The Morgan fingerprint density at radius 2 is 1.64 bits per heavy atom. The van der Waals surface area contributed by atoms with Gasteiger partial charge in [-0.1, -0.05) is 18.2 Å². The molecule has 0 bridgehead atoms. The number of benzene rings is 2. The number of hydrogen-bond acceptors (Lipinski definition) is 4. The van der Waals surface area contributed by atoms with E-state index in [9.17, 15) is 9.18 Å². The summed E-state index contributed by atoms with van der Waals surface area (Å²) in [6.07, 6.45) is 0.212. The van der Waals surface area contributed by atoms with E-state index in [1.165, 1.54) is 12.1 Å². The van der Waals surface area contributed by atoms with E-state index in [0.717, 1.165) is 16.9 Å². The zero-order chi connectivity index (χ0) is 23.3. The molecule has 1 amide bonds. The summed E-state index contributed by atoms with van der Waals surface area (Å²) >= 11 is 0. The second-order valence-electron chi connectivity index (χ2n) is 7.09. The molecular formula is C24H34FIN4O3. The fourth-order valence-electron chi connectivity index (χ4n) is 3.05. The molecule has 3 N–H and O–H groups in total. The quantitative estimate of drug-likeness (QED) is 0.165. The van der Waals surface area contributed by atoms with Gasteiger partial charge in [-0.3, -0.25) is 9.79 Å². The summed E-state index contributed by atoms with van der Waals surface area (Å²) in [6, 6.07) is 11.8. The summed E-state index contributed by atoms with van der Waals surface area (Å²) in [7, 11) is 1.69. The van der Waals surface area contributed by atoms with Gasteiger partial charge in [0.15, 0.2) is 17.5 Å². The first-order valence-corrected chi connectivity index (χ1v) is 10.8. The Bertz CT molecular complexity index is 894. The van der Waals surface area contributed by atoms with Crippen LogP contribution in [0.15, 0.2) is 47.5 Å². The van der Waals surface area contributed by atoms with E-state index in [2.05, 4.69) is 20.9 Å². The van der Waals surface area contributed by atoms with Gasteiger partial charge in [0.05, 0.1) is 25.7 Å². The highest BCUT2D eigenvalue weighted by molar-refractivity contribution is 14.0. The Hall–Kier alpha value is -2.56. The first-order valence-electron chi connectivity index (χ1n) is 10.8. The van der Waals surface area contributed by atoms with Crippen LogP contribution < -0.4 is 25.4 Å². The zero-order valence-electron chi connectivity index (χ0n) is 19.6. The van der Waals surface area contributed by atoms with Crippen LogP contribution in [0.25, 0.3) is 0 Å². The lowest BCUT2D eigenvalue weighted by molar-refractivity contribution is -0.120. The second-order valence-corrected chi connectivity index (χ2v) is 7.09. The van der Waals surface area contributed by atoms with Gasteiger partial charge in [0.1, 0.15) is 5.82 Å². The molecule has 0 saturated heterocycles. The number of hydrogen-bond donors (Lipinski definition) is 3. The van der Waals surface area contributed by atoms with Crippen molar-refractivity contribution < 1.29 is 18.7 Å². The highest BCUT2D eigenvalue weighted by Crippen LogP contribution is 2.30. The first kappa shape index (κ1) is 28.5. The van der Waals surface area contributed by atoms with E-state index in [4.69, 9.17) is 9.47 Å². The van der Waals surface area contributed by atoms with Gasteiger partial charge in [-0.15, -0.1) is 24.0 Å². The van der Waals surface area contributed by atoms with E-state index in [1.807, 2.05) is 39.0 Å². The molecule has 0 fully saturated rings. The molecule has 1 unspecified atom stereocenters. The molecule has 2 rings (SSSR count). The molecule has 2 aromatic rings. The van der Waals surface area contributed by atoms with Crippen LogP contribution in [0, 0.1) is 5.82 Å². The van der Waals surface area contributed by atoms with Gasteiger partial charge in [-0.25, -0.2) is 4.39 Å². The molecule has 0 saturated carbocycles. The van der Waals surface area contributed by atoms with Gasteiger partial charge in [0.25, 0.3) is 0 Å².